The fourth-order valence-corrected chi connectivity index (χ4v) is 6.47. The smallest absolute Gasteiger partial charge is 0.198 e. The number of halogens is 2. The summed E-state index contributed by atoms with van der Waals surface area (Å²) in [7, 11) is 0. The third kappa shape index (κ3) is 7.48. The van der Waals surface area contributed by atoms with E-state index < -0.39 is 10.5 Å². The third-order valence-corrected chi connectivity index (χ3v) is 8.50. The largest absolute Gasteiger partial charge is 0.285 e. The minimum absolute atomic E-state index is 0.196. The summed E-state index contributed by atoms with van der Waals surface area (Å²) in [5, 5.41) is 0. The summed E-state index contributed by atoms with van der Waals surface area (Å²) in [5.74, 6) is -1.02. The monoisotopic (exact) mass is 446 g/mol. The molecule has 172 valence electrons. The molecule has 3 rings (SSSR count). The van der Waals surface area contributed by atoms with E-state index in [0.717, 1.165) is 30.5 Å². The number of hydrogen-bond donors (Lipinski definition) is 0. The van der Waals surface area contributed by atoms with Gasteiger partial charge in [0.25, 0.3) is 5.76 Å². The molecule has 2 aliphatic carbocycles. The maximum atomic E-state index is 13.5. The Hall–Kier alpha value is -1.09. The summed E-state index contributed by atoms with van der Waals surface area (Å²) in [5.41, 5.74) is 1.23. The van der Waals surface area contributed by atoms with Gasteiger partial charge in [0, 0.05) is 5.92 Å². The average Bonchev–Trinajstić information content (AvgIpc) is 2.79. The number of benzene rings is 1. The topological polar surface area (TPSA) is 0 Å². The number of hydrogen-bond acceptors (Lipinski definition) is 1. The predicted octanol–water partition coefficient (Wildman–Crippen LogP) is 9.54. The molecular formula is C28H40F2S. The van der Waals surface area contributed by atoms with Crippen LogP contribution in [0.5, 0.6) is 0 Å². The highest BCUT2D eigenvalue weighted by molar-refractivity contribution is 8.01. The SMILES string of the molecule is CCCCCCCCCC1CCC(C2(SC(F)F)C=CC(c3ccccc3)C=C2)CC1. The zero-order valence-electron chi connectivity index (χ0n) is 19.2. The summed E-state index contributed by atoms with van der Waals surface area (Å²) in [6.45, 7) is 2.26. The van der Waals surface area contributed by atoms with E-state index in [0.29, 0.717) is 5.92 Å². The van der Waals surface area contributed by atoms with Crippen LogP contribution in [0.25, 0.3) is 0 Å². The summed E-state index contributed by atoms with van der Waals surface area (Å²) >= 11 is 0.852. The van der Waals surface area contributed by atoms with Crippen molar-refractivity contribution in [3.63, 3.8) is 0 Å². The summed E-state index contributed by atoms with van der Waals surface area (Å²) < 4.78 is 26.5. The molecule has 0 aliphatic heterocycles. The van der Waals surface area contributed by atoms with E-state index in [1.807, 2.05) is 18.2 Å². The second-order valence-corrected chi connectivity index (χ2v) is 10.8. The quantitative estimate of drug-likeness (QED) is 0.227. The van der Waals surface area contributed by atoms with Crippen LogP contribution in [0.15, 0.2) is 54.6 Å². The Bertz CT molecular complexity index is 660. The molecule has 0 bridgehead atoms. The van der Waals surface area contributed by atoms with Crippen LogP contribution in [0.3, 0.4) is 0 Å². The Balaban J connectivity index is 1.49. The summed E-state index contributed by atoms with van der Waals surface area (Å²) in [6, 6.07) is 10.3. The molecule has 0 amide bonds. The third-order valence-electron chi connectivity index (χ3n) is 7.31. The molecule has 3 heteroatoms. The van der Waals surface area contributed by atoms with Crippen molar-refractivity contribution in [3.8, 4) is 0 Å². The molecule has 0 radical (unpaired) electrons. The van der Waals surface area contributed by atoms with Gasteiger partial charge < -0.3 is 0 Å². The van der Waals surface area contributed by atoms with Gasteiger partial charge in [-0.2, -0.15) is 8.78 Å². The zero-order chi connectivity index (χ0) is 21.9. The van der Waals surface area contributed by atoms with Gasteiger partial charge in [0.2, 0.25) is 0 Å². The summed E-state index contributed by atoms with van der Waals surface area (Å²) in [4.78, 5) is 0. The van der Waals surface area contributed by atoms with Crippen molar-refractivity contribution < 1.29 is 8.78 Å². The number of unbranched alkanes of at least 4 members (excludes halogenated alkanes) is 6. The van der Waals surface area contributed by atoms with Crippen LogP contribution in [-0.2, 0) is 0 Å². The normalized spacial score (nSPS) is 28.3. The highest BCUT2D eigenvalue weighted by Crippen LogP contribution is 2.49. The average molecular weight is 447 g/mol. The van der Waals surface area contributed by atoms with E-state index in [2.05, 4.69) is 43.4 Å². The van der Waals surface area contributed by atoms with Gasteiger partial charge in [-0.15, -0.1) is 0 Å². The molecule has 1 saturated carbocycles. The van der Waals surface area contributed by atoms with Crippen LogP contribution in [0.2, 0.25) is 0 Å². The zero-order valence-corrected chi connectivity index (χ0v) is 20.0. The number of alkyl halides is 2. The molecule has 0 N–H and O–H groups in total. The van der Waals surface area contributed by atoms with E-state index in [1.165, 1.54) is 69.8 Å². The second kappa shape index (κ2) is 12.8. The minimum atomic E-state index is -2.34. The molecule has 0 saturated heterocycles. The maximum absolute atomic E-state index is 13.5. The summed E-state index contributed by atoms with van der Waals surface area (Å²) in [6.07, 6.45) is 23.9. The predicted molar refractivity (Wildman–Crippen MR) is 132 cm³/mol. The Morgan fingerprint density at radius 1 is 0.871 bits per heavy atom. The van der Waals surface area contributed by atoms with E-state index >= 15 is 0 Å². The van der Waals surface area contributed by atoms with E-state index in [9.17, 15) is 8.78 Å². The molecule has 1 aromatic carbocycles. The second-order valence-electron chi connectivity index (χ2n) is 9.51. The van der Waals surface area contributed by atoms with Gasteiger partial charge in [-0.05, 0) is 30.2 Å². The van der Waals surface area contributed by atoms with E-state index in [1.54, 1.807) is 0 Å². The van der Waals surface area contributed by atoms with Crippen LogP contribution in [0.1, 0.15) is 95.5 Å². The van der Waals surface area contributed by atoms with Crippen LogP contribution in [0, 0.1) is 11.8 Å². The van der Waals surface area contributed by atoms with Gasteiger partial charge in [-0.1, -0.05) is 138 Å². The molecule has 0 spiro atoms. The number of allylic oxidation sites excluding steroid dienone is 2. The van der Waals surface area contributed by atoms with Crippen molar-refractivity contribution in [3.05, 3.63) is 60.2 Å². The Morgan fingerprint density at radius 2 is 1.48 bits per heavy atom. The molecule has 0 unspecified atom stereocenters. The molecule has 2 aliphatic rings. The van der Waals surface area contributed by atoms with Crippen LogP contribution in [0.4, 0.5) is 8.78 Å². The van der Waals surface area contributed by atoms with Crippen molar-refractivity contribution >= 4 is 11.8 Å². The highest BCUT2D eigenvalue weighted by atomic mass is 32.2. The lowest BCUT2D eigenvalue weighted by Crippen LogP contribution is -2.36. The standard InChI is InChI=1S/C28H40F2S/c1-2-3-4-5-6-7-9-12-23-15-17-26(18-16-23)28(31-27(29)30)21-19-25(20-22-28)24-13-10-8-11-14-24/h8,10-11,13-14,19-23,25-27H,2-7,9,12,15-18H2,1H3. The van der Waals surface area contributed by atoms with Gasteiger partial charge in [-0.25, -0.2) is 0 Å². The van der Waals surface area contributed by atoms with Crippen molar-refractivity contribution in [2.75, 3.05) is 0 Å². The fraction of sp³-hybridized carbons (Fsp3) is 0.643. The number of thioether (sulfide) groups is 1. The maximum Gasteiger partial charge on any atom is 0.285 e. The lowest BCUT2D eigenvalue weighted by molar-refractivity contribution is 0.231. The first-order valence-corrected chi connectivity index (χ1v) is 13.4. The van der Waals surface area contributed by atoms with E-state index in [4.69, 9.17) is 0 Å². The molecule has 1 aromatic rings. The molecule has 31 heavy (non-hydrogen) atoms. The Morgan fingerprint density at radius 3 is 2.10 bits per heavy atom. The van der Waals surface area contributed by atoms with E-state index in [-0.39, 0.29) is 5.92 Å². The molecule has 0 nitrogen and oxygen atoms in total. The molecule has 1 fully saturated rings. The van der Waals surface area contributed by atoms with Crippen LogP contribution in [-0.4, -0.2) is 10.5 Å². The van der Waals surface area contributed by atoms with Gasteiger partial charge >= 0.3 is 0 Å². The molecule has 0 atom stereocenters. The lowest BCUT2D eigenvalue weighted by atomic mass is 9.72. The van der Waals surface area contributed by atoms with Gasteiger partial charge in [0.15, 0.2) is 0 Å². The first kappa shape index (κ1) is 24.6. The van der Waals surface area contributed by atoms with Gasteiger partial charge in [-0.3, -0.25) is 0 Å². The van der Waals surface area contributed by atoms with Gasteiger partial charge in [0.05, 0.1) is 4.75 Å². The van der Waals surface area contributed by atoms with Gasteiger partial charge in [0.1, 0.15) is 0 Å². The lowest BCUT2D eigenvalue weighted by Gasteiger charge is -2.41. The highest BCUT2D eigenvalue weighted by Gasteiger charge is 2.41. The molecular weight excluding hydrogens is 406 g/mol. The fourth-order valence-electron chi connectivity index (χ4n) is 5.42. The Kier molecular flexibility index (Phi) is 10.2. The van der Waals surface area contributed by atoms with Crippen molar-refractivity contribution in [1.82, 2.24) is 0 Å². The molecule has 0 aromatic heterocycles. The number of rotatable bonds is 12. The van der Waals surface area contributed by atoms with Crippen molar-refractivity contribution in [2.24, 2.45) is 11.8 Å². The van der Waals surface area contributed by atoms with Crippen molar-refractivity contribution in [2.45, 2.75) is 100 Å². The minimum Gasteiger partial charge on any atom is -0.198 e. The Labute approximate surface area is 193 Å². The van der Waals surface area contributed by atoms with Crippen molar-refractivity contribution in [1.29, 1.82) is 0 Å². The van der Waals surface area contributed by atoms with Crippen LogP contribution < -0.4 is 0 Å². The first-order chi connectivity index (χ1) is 15.1. The first-order valence-electron chi connectivity index (χ1n) is 12.5. The molecule has 0 heterocycles. The van der Waals surface area contributed by atoms with Crippen LogP contribution >= 0.6 is 11.8 Å².